The normalized spacial score (nSPS) is 11.3. The molecule has 0 amide bonds. The van der Waals surface area contributed by atoms with Gasteiger partial charge in [0, 0.05) is 34.6 Å². The second-order valence-electron chi connectivity index (χ2n) is 8.08. The van der Waals surface area contributed by atoms with Crippen LogP contribution in [0.1, 0.15) is 11.3 Å². The lowest BCUT2D eigenvalue weighted by atomic mass is 10.2. The fraction of sp³-hybridized carbons (Fsp3) is 0.0800. The molecular formula is C25H22Cl2N6O3S. The second-order valence-corrected chi connectivity index (χ2v) is 10.3. The Hall–Kier alpha value is -3.70. The predicted molar refractivity (Wildman–Crippen MR) is 146 cm³/mol. The molecule has 3 N–H and O–H groups in total. The molecule has 0 bridgehead atoms. The van der Waals surface area contributed by atoms with Gasteiger partial charge in [-0.25, -0.2) is 13.1 Å². The highest BCUT2D eigenvalue weighted by molar-refractivity contribution is 7.89. The Balaban J connectivity index is 0.00000320. The summed E-state index contributed by atoms with van der Waals surface area (Å²) in [7, 11) is -3.85. The van der Waals surface area contributed by atoms with Crippen LogP contribution in [0.3, 0.4) is 0 Å². The monoisotopic (exact) mass is 556 g/mol. The van der Waals surface area contributed by atoms with Crippen molar-refractivity contribution in [2.45, 2.75) is 18.0 Å². The van der Waals surface area contributed by atoms with Gasteiger partial charge in [0.2, 0.25) is 10.0 Å². The van der Waals surface area contributed by atoms with Gasteiger partial charge in [0.25, 0.3) is 5.56 Å². The van der Waals surface area contributed by atoms with Gasteiger partial charge in [0.1, 0.15) is 4.90 Å². The molecule has 0 aliphatic rings. The molecule has 0 saturated carbocycles. The van der Waals surface area contributed by atoms with Crippen molar-refractivity contribution in [1.82, 2.24) is 24.5 Å². The fourth-order valence-corrected chi connectivity index (χ4v) is 4.85. The van der Waals surface area contributed by atoms with Gasteiger partial charge in [0.15, 0.2) is 0 Å². The van der Waals surface area contributed by atoms with Crippen LogP contribution in [0.25, 0.3) is 10.9 Å². The average Bonchev–Trinajstić information content (AvgIpc) is 3.28. The molecule has 190 valence electrons. The van der Waals surface area contributed by atoms with Crippen LogP contribution in [-0.2, 0) is 23.1 Å². The Morgan fingerprint density at radius 1 is 0.973 bits per heavy atom. The largest absolute Gasteiger partial charge is 0.354 e. The van der Waals surface area contributed by atoms with E-state index in [1.165, 1.54) is 18.3 Å². The number of H-pyrrole nitrogens is 1. The summed E-state index contributed by atoms with van der Waals surface area (Å²) in [6.45, 7) is 0.449. The van der Waals surface area contributed by atoms with Crippen LogP contribution >= 0.6 is 24.0 Å². The van der Waals surface area contributed by atoms with Crippen molar-refractivity contribution in [2.24, 2.45) is 0 Å². The number of aromatic nitrogens is 4. The van der Waals surface area contributed by atoms with E-state index in [0.717, 1.165) is 22.2 Å². The molecule has 0 aliphatic carbocycles. The minimum Gasteiger partial charge on any atom is -0.354 e. The first kappa shape index (κ1) is 26.4. The molecule has 0 fully saturated rings. The van der Waals surface area contributed by atoms with Gasteiger partial charge < -0.3 is 9.88 Å². The predicted octanol–water partition coefficient (Wildman–Crippen LogP) is 4.47. The number of sulfonamides is 1. The maximum absolute atomic E-state index is 12.9. The maximum atomic E-state index is 12.9. The van der Waals surface area contributed by atoms with E-state index in [-0.39, 0.29) is 29.4 Å². The molecule has 0 radical (unpaired) electrons. The molecule has 0 saturated heterocycles. The summed E-state index contributed by atoms with van der Waals surface area (Å²) in [4.78, 5) is 16.0. The molecule has 9 nitrogen and oxygen atoms in total. The molecule has 12 heteroatoms. The van der Waals surface area contributed by atoms with Crippen LogP contribution in [0.15, 0.2) is 95.0 Å². The zero-order chi connectivity index (χ0) is 25.1. The van der Waals surface area contributed by atoms with Crippen molar-refractivity contribution in [3.05, 3.63) is 112 Å². The van der Waals surface area contributed by atoms with Gasteiger partial charge in [-0.1, -0.05) is 29.8 Å². The molecule has 0 unspecified atom stereocenters. The van der Waals surface area contributed by atoms with Crippen LogP contribution in [0.4, 0.5) is 11.4 Å². The highest BCUT2D eigenvalue weighted by Crippen LogP contribution is 2.22. The number of hydrogen-bond donors (Lipinski definition) is 3. The SMILES string of the molecule is Cl.O=c1ccccn1Cc1ccc(Nc2cncc(S(=O)(=O)NCc3n[nH]c4ccc(Cl)cc34)c2)cc1. The third-order valence-electron chi connectivity index (χ3n) is 5.55. The van der Waals surface area contributed by atoms with E-state index in [1.54, 1.807) is 41.2 Å². The summed E-state index contributed by atoms with van der Waals surface area (Å²) >= 11 is 6.06. The summed E-state index contributed by atoms with van der Waals surface area (Å²) in [5.41, 5.74) is 3.46. The minimum absolute atomic E-state index is 0. The number of pyridine rings is 2. The molecule has 5 rings (SSSR count). The maximum Gasteiger partial charge on any atom is 0.250 e. The Labute approximate surface area is 224 Å². The second kappa shape index (κ2) is 11.1. The van der Waals surface area contributed by atoms with Crippen LogP contribution in [0.5, 0.6) is 0 Å². The molecule has 37 heavy (non-hydrogen) atoms. The van der Waals surface area contributed by atoms with Crippen molar-refractivity contribution in [3.63, 3.8) is 0 Å². The molecule has 3 aromatic heterocycles. The Morgan fingerprint density at radius 2 is 1.78 bits per heavy atom. The summed E-state index contributed by atoms with van der Waals surface area (Å²) in [6, 6.07) is 19.3. The minimum atomic E-state index is -3.85. The standard InChI is InChI=1S/C25H21ClN6O3S.ClH/c26-18-6-9-23-22(11-18)24(31-30-23)15-28-36(34,35)21-12-20(13-27-14-21)29-19-7-4-17(5-8-19)16-32-10-2-1-3-25(32)33;/h1-14,28-29H,15-16H2,(H,30,31);1H. The van der Waals surface area contributed by atoms with Gasteiger partial charge in [-0.15, -0.1) is 12.4 Å². The molecule has 0 aliphatic heterocycles. The lowest BCUT2D eigenvalue weighted by Crippen LogP contribution is -2.23. The Morgan fingerprint density at radius 3 is 2.57 bits per heavy atom. The van der Waals surface area contributed by atoms with Crippen LogP contribution in [0, 0.1) is 0 Å². The summed E-state index contributed by atoms with van der Waals surface area (Å²) < 4.78 is 30.0. The summed E-state index contributed by atoms with van der Waals surface area (Å²) in [6.07, 6.45) is 4.57. The van der Waals surface area contributed by atoms with Crippen molar-refractivity contribution >= 4 is 56.3 Å². The van der Waals surface area contributed by atoms with Crippen molar-refractivity contribution in [2.75, 3.05) is 5.32 Å². The fourth-order valence-electron chi connectivity index (χ4n) is 3.70. The first-order chi connectivity index (χ1) is 17.4. The van der Waals surface area contributed by atoms with Gasteiger partial charge in [-0.05, 0) is 48.0 Å². The van der Waals surface area contributed by atoms with E-state index in [9.17, 15) is 13.2 Å². The van der Waals surface area contributed by atoms with E-state index in [1.807, 2.05) is 30.3 Å². The van der Waals surface area contributed by atoms with Crippen LogP contribution in [0.2, 0.25) is 5.02 Å². The number of nitrogens with one attached hydrogen (secondary N) is 3. The van der Waals surface area contributed by atoms with Gasteiger partial charge >= 0.3 is 0 Å². The Bertz CT molecular complexity index is 1700. The highest BCUT2D eigenvalue weighted by Gasteiger charge is 2.17. The smallest absolute Gasteiger partial charge is 0.250 e. The molecule has 0 atom stereocenters. The first-order valence-corrected chi connectivity index (χ1v) is 12.8. The number of anilines is 2. The topological polar surface area (TPSA) is 122 Å². The number of hydrogen-bond acceptors (Lipinski definition) is 6. The molecule has 5 aromatic rings. The van der Waals surface area contributed by atoms with Crippen LogP contribution < -0.4 is 15.6 Å². The number of rotatable bonds is 8. The molecule has 2 aromatic carbocycles. The first-order valence-electron chi connectivity index (χ1n) is 11.0. The quantitative estimate of drug-likeness (QED) is 0.259. The summed E-state index contributed by atoms with van der Waals surface area (Å²) in [5, 5.41) is 11.5. The third kappa shape index (κ3) is 6.17. The number of aromatic amines is 1. The lowest BCUT2D eigenvalue weighted by Gasteiger charge is -2.10. The number of benzene rings is 2. The third-order valence-corrected chi connectivity index (χ3v) is 7.15. The van der Waals surface area contributed by atoms with Gasteiger partial charge in [-0.2, -0.15) is 5.10 Å². The number of nitrogens with zero attached hydrogens (tertiary/aromatic N) is 3. The number of fused-ring (bicyclic) bond motifs is 1. The van der Waals surface area contributed by atoms with E-state index in [0.29, 0.717) is 22.9 Å². The van der Waals surface area contributed by atoms with E-state index >= 15 is 0 Å². The van der Waals surface area contributed by atoms with E-state index < -0.39 is 10.0 Å². The van der Waals surface area contributed by atoms with Crippen molar-refractivity contribution in [1.29, 1.82) is 0 Å². The molecule has 0 spiro atoms. The van der Waals surface area contributed by atoms with Crippen molar-refractivity contribution in [3.8, 4) is 0 Å². The van der Waals surface area contributed by atoms with Crippen LogP contribution in [-0.4, -0.2) is 28.2 Å². The zero-order valence-corrected chi connectivity index (χ0v) is 21.6. The molecular weight excluding hydrogens is 535 g/mol. The molecule has 3 heterocycles. The van der Waals surface area contributed by atoms with E-state index in [4.69, 9.17) is 11.6 Å². The van der Waals surface area contributed by atoms with E-state index in [2.05, 4.69) is 25.2 Å². The van der Waals surface area contributed by atoms with Gasteiger partial charge in [-0.3, -0.25) is 14.9 Å². The average molecular weight is 557 g/mol. The number of halogens is 2. The summed E-state index contributed by atoms with van der Waals surface area (Å²) in [5.74, 6) is 0. The highest BCUT2D eigenvalue weighted by atomic mass is 35.5. The Kier molecular flexibility index (Phi) is 7.94. The zero-order valence-electron chi connectivity index (χ0n) is 19.3. The van der Waals surface area contributed by atoms with Crippen molar-refractivity contribution < 1.29 is 8.42 Å². The lowest BCUT2D eigenvalue weighted by molar-refractivity contribution is 0.580. The van der Waals surface area contributed by atoms with Gasteiger partial charge in [0.05, 0.1) is 36.2 Å².